The van der Waals surface area contributed by atoms with E-state index in [9.17, 15) is 0 Å². The van der Waals surface area contributed by atoms with Gasteiger partial charge in [0.15, 0.2) is 0 Å². The van der Waals surface area contributed by atoms with Crippen molar-refractivity contribution in [1.29, 1.82) is 0 Å². The molecule has 0 amide bonds. The third-order valence-corrected chi connectivity index (χ3v) is 4.44. The fourth-order valence-corrected chi connectivity index (χ4v) is 2.99. The number of pyridine rings is 1. The molecule has 2 aromatic carbocycles. The maximum Gasteiger partial charge on any atom is 0.138 e. The van der Waals surface area contributed by atoms with Gasteiger partial charge in [-0.1, -0.05) is 0 Å². The number of benzene rings is 2. The van der Waals surface area contributed by atoms with Crippen molar-refractivity contribution in [2.75, 3.05) is 20.3 Å². The zero-order valence-corrected chi connectivity index (χ0v) is 14.8. The predicted molar refractivity (Wildman–Crippen MR) is 100 cm³/mol. The highest BCUT2D eigenvalue weighted by atomic mass is 32.2. The van der Waals surface area contributed by atoms with Gasteiger partial charge in [-0.25, -0.2) is 0 Å². The summed E-state index contributed by atoms with van der Waals surface area (Å²) < 4.78 is 14.5. The summed E-state index contributed by atoms with van der Waals surface area (Å²) in [7, 11) is 1.64. The summed E-state index contributed by atoms with van der Waals surface area (Å²) in [6.07, 6.45) is 2.47. The van der Waals surface area contributed by atoms with Crippen LogP contribution in [0.4, 0.5) is 0 Å². The van der Waals surface area contributed by atoms with Crippen LogP contribution in [-0.2, 0) is 0 Å². The van der Waals surface area contributed by atoms with E-state index in [-0.39, 0.29) is 6.61 Å². The normalized spacial score (nSPS) is 10.8. The van der Waals surface area contributed by atoms with E-state index in [0.29, 0.717) is 0 Å². The van der Waals surface area contributed by atoms with Crippen LogP contribution in [0.2, 0.25) is 0 Å². The molecule has 0 radical (unpaired) electrons. The second-order valence-electron chi connectivity index (χ2n) is 5.34. The molecule has 2 N–H and O–H groups in total. The van der Waals surface area contributed by atoms with Gasteiger partial charge in [-0.3, -0.25) is 9.71 Å². The number of aliphatic hydroxyl groups is 1. The fourth-order valence-electron chi connectivity index (χ4n) is 2.31. The van der Waals surface area contributed by atoms with E-state index in [4.69, 9.17) is 14.6 Å². The number of hydrogen-bond donors (Lipinski definition) is 2. The second-order valence-corrected chi connectivity index (χ2v) is 6.30. The Morgan fingerprint density at radius 2 is 1.88 bits per heavy atom. The van der Waals surface area contributed by atoms with Crippen molar-refractivity contribution in [2.24, 2.45) is 0 Å². The van der Waals surface area contributed by atoms with E-state index in [2.05, 4.69) is 9.71 Å². The summed E-state index contributed by atoms with van der Waals surface area (Å²) in [6.45, 7) is 0.970. The molecule has 0 saturated heterocycles. The molecule has 25 heavy (non-hydrogen) atoms. The lowest BCUT2D eigenvalue weighted by Gasteiger charge is -2.10. The maximum atomic E-state index is 8.77. The van der Waals surface area contributed by atoms with Crippen LogP contribution in [0.3, 0.4) is 0 Å². The quantitative estimate of drug-likeness (QED) is 0.470. The van der Waals surface area contributed by atoms with Gasteiger partial charge in [0.1, 0.15) is 17.2 Å². The van der Waals surface area contributed by atoms with Crippen molar-refractivity contribution in [3.63, 3.8) is 0 Å². The molecule has 0 aliphatic carbocycles. The van der Waals surface area contributed by atoms with Gasteiger partial charge in [-0.05, 0) is 60.8 Å². The van der Waals surface area contributed by atoms with Crippen LogP contribution >= 0.6 is 11.9 Å². The van der Waals surface area contributed by atoms with Crippen molar-refractivity contribution in [1.82, 2.24) is 9.71 Å². The topological polar surface area (TPSA) is 63.6 Å². The Balaban J connectivity index is 1.71. The van der Waals surface area contributed by atoms with Crippen molar-refractivity contribution in [3.8, 4) is 17.2 Å². The number of nitrogens with one attached hydrogen (secondary N) is 1. The van der Waals surface area contributed by atoms with Gasteiger partial charge in [0.05, 0.1) is 12.6 Å². The van der Waals surface area contributed by atoms with Crippen molar-refractivity contribution < 1.29 is 14.6 Å². The lowest BCUT2D eigenvalue weighted by molar-refractivity contribution is 0.290. The predicted octanol–water partition coefficient (Wildman–Crippen LogP) is 4.01. The molecule has 3 aromatic rings. The van der Waals surface area contributed by atoms with Crippen molar-refractivity contribution >= 4 is 22.9 Å². The molecule has 1 heterocycles. The first-order chi connectivity index (χ1) is 12.3. The molecular weight excluding hydrogens is 336 g/mol. The number of hydrogen-bond acceptors (Lipinski definition) is 6. The Bertz CT molecular complexity index is 825. The lowest BCUT2D eigenvalue weighted by atomic mass is 10.2. The van der Waals surface area contributed by atoms with E-state index in [1.807, 2.05) is 48.5 Å². The molecule has 1 aromatic heterocycles. The summed E-state index contributed by atoms with van der Waals surface area (Å²) in [5.41, 5.74) is 0.831. The Morgan fingerprint density at radius 3 is 2.64 bits per heavy atom. The molecule has 0 aliphatic rings. The Morgan fingerprint density at radius 1 is 1.08 bits per heavy atom. The summed E-state index contributed by atoms with van der Waals surface area (Å²) >= 11 is 1.54. The van der Waals surface area contributed by atoms with Gasteiger partial charge < -0.3 is 14.6 Å². The first-order valence-corrected chi connectivity index (χ1v) is 8.83. The molecular formula is C19H20N2O3S. The minimum absolute atomic E-state index is 0.200. The van der Waals surface area contributed by atoms with E-state index in [0.717, 1.165) is 46.0 Å². The molecule has 0 spiro atoms. The number of ether oxygens (including phenoxy) is 2. The largest absolute Gasteiger partial charge is 0.497 e. The highest BCUT2D eigenvalue weighted by molar-refractivity contribution is 7.97. The minimum Gasteiger partial charge on any atom is -0.497 e. The van der Waals surface area contributed by atoms with E-state index < -0.39 is 0 Å². The third kappa shape index (κ3) is 4.63. The number of nitrogens with zero attached hydrogens (tertiary/aromatic N) is 1. The van der Waals surface area contributed by atoms with Crippen LogP contribution in [0, 0.1) is 0 Å². The minimum atomic E-state index is 0.200. The highest BCUT2D eigenvalue weighted by Gasteiger charge is 2.06. The molecule has 3 rings (SSSR count). The van der Waals surface area contributed by atoms with Gasteiger partial charge in [0.2, 0.25) is 0 Å². The van der Waals surface area contributed by atoms with Gasteiger partial charge in [-0.2, -0.15) is 0 Å². The molecule has 0 unspecified atom stereocenters. The van der Waals surface area contributed by atoms with E-state index in [1.54, 1.807) is 25.3 Å². The van der Waals surface area contributed by atoms with E-state index >= 15 is 0 Å². The van der Waals surface area contributed by atoms with Gasteiger partial charge in [-0.15, -0.1) is 0 Å². The number of aliphatic hydroxyl groups excluding tert-OH is 1. The summed E-state index contributed by atoms with van der Waals surface area (Å²) in [5, 5.41) is 9.70. The SMILES string of the molecule is COc1ccc2c(Oc3ccc(SNCCCO)cc3)ccnc2c1. The molecule has 6 heteroatoms. The van der Waals surface area contributed by atoms with Crippen LogP contribution in [0.1, 0.15) is 6.42 Å². The van der Waals surface area contributed by atoms with Crippen molar-refractivity contribution in [2.45, 2.75) is 11.3 Å². The second kappa shape index (κ2) is 8.71. The third-order valence-electron chi connectivity index (χ3n) is 3.59. The first-order valence-electron chi connectivity index (χ1n) is 8.01. The molecule has 0 saturated carbocycles. The summed E-state index contributed by atoms with van der Waals surface area (Å²) in [6, 6.07) is 15.5. The zero-order valence-electron chi connectivity index (χ0n) is 13.9. The number of aromatic nitrogens is 1. The molecule has 0 bridgehead atoms. The monoisotopic (exact) mass is 356 g/mol. The average molecular weight is 356 g/mol. The molecule has 0 atom stereocenters. The van der Waals surface area contributed by atoms with Crippen LogP contribution in [0.5, 0.6) is 17.2 Å². The van der Waals surface area contributed by atoms with Gasteiger partial charge in [0, 0.05) is 35.7 Å². The Hall–Kier alpha value is -2.28. The average Bonchev–Trinajstić information content (AvgIpc) is 2.66. The molecule has 0 fully saturated rings. The highest BCUT2D eigenvalue weighted by Crippen LogP contribution is 2.31. The Kier molecular flexibility index (Phi) is 6.11. The molecule has 130 valence electrons. The first kappa shape index (κ1) is 17.5. The maximum absolute atomic E-state index is 8.77. The van der Waals surface area contributed by atoms with Crippen LogP contribution < -0.4 is 14.2 Å². The fraction of sp³-hybridized carbons (Fsp3) is 0.211. The van der Waals surface area contributed by atoms with Crippen LogP contribution in [0.25, 0.3) is 10.9 Å². The molecule has 5 nitrogen and oxygen atoms in total. The van der Waals surface area contributed by atoms with Crippen LogP contribution in [0.15, 0.2) is 59.6 Å². The number of fused-ring (bicyclic) bond motifs is 1. The van der Waals surface area contributed by atoms with Crippen LogP contribution in [-0.4, -0.2) is 30.4 Å². The van der Waals surface area contributed by atoms with Crippen molar-refractivity contribution in [3.05, 3.63) is 54.7 Å². The number of methoxy groups -OCH3 is 1. The summed E-state index contributed by atoms with van der Waals surface area (Å²) in [4.78, 5) is 5.46. The zero-order chi connectivity index (χ0) is 17.5. The molecule has 0 aliphatic heterocycles. The smallest absolute Gasteiger partial charge is 0.138 e. The number of rotatable bonds is 8. The van der Waals surface area contributed by atoms with Gasteiger partial charge >= 0.3 is 0 Å². The lowest BCUT2D eigenvalue weighted by Crippen LogP contribution is -2.06. The van der Waals surface area contributed by atoms with E-state index in [1.165, 1.54) is 0 Å². The Labute approximate surface area is 151 Å². The van der Waals surface area contributed by atoms with Gasteiger partial charge in [0.25, 0.3) is 0 Å². The summed E-state index contributed by atoms with van der Waals surface area (Å²) in [5.74, 6) is 2.30. The standard InChI is InChI=1S/C19H20N2O3S/c1-23-15-5-8-17-18(13-15)20-11-9-19(17)24-14-3-6-16(7-4-14)25-21-10-2-12-22/h3-9,11,13,21-22H,2,10,12H2,1H3.